The van der Waals surface area contributed by atoms with Gasteiger partial charge in [0.1, 0.15) is 0 Å². The van der Waals surface area contributed by atoms with Crippen molar-refractivity contribution in [2.45, 2.75) is 6.42 Å². The van der Waals surface area contributed by atoms with Crippen LogP contribution in [0.1, 0.15) is 5.56 Å². The molecular formula is C16H24N4O2. The minimum Gasteiger partial charge on any atom is -0.347 e. The summed E-state index contributed by atoms with van der Waals surface area (Å²) >= 11 is 0. The predicted octanol–water partition coefficient (Wildman–Crippen LogP) is -0.552. The second-order valence-electron chi connectivity index (χ2n) is 5.41. The van der Waals surface area contributed by atoms with Gasteiger partial charge in [0.05, 0.1) is 0 Å². The summed E-state index contributed by atoms with van der Waals surface area (Å²) in [5.74, 6) is -0.941. The second kappa shape index (κ2) is 8.51. The summed E-state index contributed by atoms with van der Waals surface area (Å²) in [7, 11) is 0. The van der Waals surface area contributed by atoms with Crippen LogP contribution in [0.5, 0.6) is 0 Å². The normalized spacial score (nSPS) is 15.6. The quantitative estimate of drug-likeness (QED) is 0.715. The van der Waals surface area contributed by atoms with Gasteiger partial charge in [0.25, 0.3) is 0 Å². The number of hydrogen-bond acceptors (Lipinski definition) is 4. The maximum atomic E-state index is 12.1. The van der Waals surface area contributed by atoms with Crippen molar-refractivity contribution in [3.05, 3.63) is 35.9 Å². The Morgan fingerprint density at radius 3 is 2.41 bits per heavy atom. The lowest BCUT2D eigenvalue weighted by Crippen LogP contribution is -2.53. The number of carbonyl (C=O) groups is 2. The fraction of sp³-hybridized carbons (Fsp3) is 0.500. The highest BCUT2D eigenvalue weighted by Gasteiger charge is 2.25. The molecule has 6 heteroatoms. The van der Waals surface area contributed by atoms with Crippen LogP contribution in [0.25, 0.3) is 0 Å². The lowest BCUT2D eigenvalue weighted by molar-refractivity contribution is -0.146. The maximum absolute atomic E-state index is 12.1. The van der Waals surface area contributed by atoms with Crippen LogP contribution in [-0.4, -0.2) is 67.4 Å². The monoisotopic (exact) mass is 304 g/mol. The van der Waals surface area contributed by atoms with Gasteiger partial charge in [-0.1, -0.05) is 30.3 Å². The lowest BCUT2D eigenvalue weighted by Gasteiger charge is -2.34. The van der Waals surface area contributed by atoms with E-state index >= 15 is 0 Å². The van der Waals surface area contributed by atoms with E-state index in [0.29, 0.717) is 26.2 Å². The first-order chi connectivity index (χ1) is 10.7. The fourth-order valence-corrected chi connectivity index (χ4v) is 2.54. The SMILES string of the molecule is NCCN1CCN(C(=O)C(=O)NCCc2ccccc2)CC1. The Morgan fingerprint density at radius 2 is 1.77 bits per heavy atom. The van der Waals surface area contributed by atoms with E-state index in [1.54, 1.807) is 4.90 Å². The molecule has 0 saturated carbocycles. The summed E-state index contributed by atoms with van der Waals surface area (Å²) < 4.78 is 0. The van der Waals surface area contributed by atoms with Gasteiger partial charge >= 0.3 is 11.8 Å². The lowest BCUT2D eigenvalue weighted by atomic mass is 10.1. The van der Waals surface area contributed by atoms with E-state index in [1.165, 1.54) is 0 Å². The third-order valence-electron chi connectivity index (χ3n) is 3.84. The molecule has 1 saturated heterocycles. The van der Waals surface area contributed by atoms with Crippen LogP contribution in [0, 0.1) is 0 Å². The highest BCUT2D eigenvalue weighted by molar-refractivity contribution is 6.35. The smallest absolute Gasteiger partial charge is 0.311 e. The molecule has 0 spiro atoms. The molecular weight excluding hydrogens is 280 g/mol. The first kappa shape index (κ1) is 16.5. The number of nitrogens with two attached hydrogens (primary N) is 1. The number of hydrogen-bond donors (Lipinski definition) is 2. The zero-order valence-electron chi connectivity index (χ0n) is 12.8. The summed E-state index contributed by atoms with van der Waals surface area (Å²) in [6.07, 6.45) is 0.726. The number of nitrogens with zero attached hydrogens (tertiary/aromatic N) is 2. The Kier molecular flexibility index (Phi) is 6.36. The number of piperazine rings is 1. The molecule has 3 N–H and O–H groups in total. The highest BCUT2D eigenvalue weighted by Crippen LogP contribution is 2.02. The van der Waals surface area contributed by atoms with Gasteiger partial charge in [-0.2, -0.15) is 0 Å². The van der Waals surface area contributed by atoms with Gasteiger partial charge in [-0.05, 0) is 12.0 Å². The molecule has 120 valence electrons. The van der Waals surface area contributed by atoms with E-state index in [9.17, 15) is 9.59 Å². The number of benzene rings is 1. The molecule has 1 fully saturated rings. The molecule has 0 aliphatic carbocycles. The highest BCUT2D eigenvalue weighted by atomic mass is 16.2. The molecule has 1 aliphatic rings. The molecule has 0 atom stereocenters. The fourth-order valence-electron chi connectivity index (χ4n) is 2.54. The van der Waals surface area contributed by atoms with Crippen LogP contribution in [0.15, 0.2) is 30.3 Å². The largest absolute Gasteiger partial charge is 0.347 e. The molecule has 1 heterocycles. The van der Waals surface area contributed by atoms with Gasteiger partial charge in [-0.25, -0.2) is 0 Å². The van der Waals surface area contributed by atoms with Crippen molar-refractivity contribution >= 4 is 11.8 Å². The summed E-state index contributed by atoms with van der Waals surface area (Å²) in [5, 5.41) is 2.70. The van der Waals surface area contributed by atoms with Gasteiger partial charge in [0.15, 0.2) is 0 Å². The molecule has 2 rings (SSSR count). The average molecular weight is 304 g/mol. The predicted molar refractivity (Wildman–Crippen MR) is 85.2 cm³/mol. The van der Waals surface area contributed by atoms with Gasteiger partial charge in [-0.3, -0.25) is 14.5 Å². The topological polar surface area (TPSA) is 78.7 Å². The van der Waals surface area contributed by atoms with E-state index in [1.807, 2.05) is 30.3 Å². The van der Waals surface area contributed by atoms with Crippen LogP contribution < -0.4 is 11.1 Å². The summed E-state index contributed by atoms with van der Waals surface area (Å²) in [6.45, 7) is 4.66. The molecule has 6 nitrogen and oxygen atoms in total. The van der Waals surface area contributed by atoms with Crippen LogP contribution in [0.3, 0.4) is 0 Å². The zero-order chi connectivity index (χ0) is 15.8. The van der Waals surface area contributed by atoms with E-state index in [0.717, 1.165) is 31.6 Å². The van der Waals surface area contributed by atoms with Gasteiger partial charge < -0.3 is 16.0 Å². The van der Waals surface area contributed by atoms with Gasteiger partial charge in [-0.15, -0.1) is 0 Å². The van der Waals surface area contributed by atoms with Crippen molar-refractivity contribution in [3.63, 3.8) is 0 Å². The molecule has 0 radical (unpaired) electrons. The Hall–Kier alpha value is -1.92. The van der Waals surface area contributed by atoms with Gasteiger partial charge in [0.2, 0.25) is 0 Å². The van der Waals surface area contributed by atoms with Crippen LogP contribution in [0.2, 0.25) is 0 Å². The summed E-state index contributed by atoms with van der Waals surface area (Å²) in [6, 6.07) is 9.89. The van der Waals surface area contributed by atoms with Crippen LogP contribution in [-0.2, 0) is 16.0 Å². The number of amides is 2. The number of carbonyl (C=O) groups excluding carboxylic acids is 2. The first-order valence-corrected chi connectivity index (χ1v) is 7.74. The minimum atomic E-state index is -0.511. The van der Waals surface area contributed by atoms with Crippen molar-refractivity contribution < 1.29 is 9.59 Å². The van der Waals surface area contributed by atoms with E-state index in [-0.39, 0.29) is 0 Å². The molecule has 1 aromatic rings. The maximum Gasteiger partial charge on any atom is 0.311 e. The molecule has 0 bridgehead atoms. The van der Waals surface area contributed by atoms with Crippen molar-refractivity contribution in [2.75, 3.05) is 45.8 Å². The molecule has 0 aromatic heterocycles. The number of rotatable bonds is 5. The summed E-state index contributed by atoms with van der Waals surface area (Å²) in [4.78, 5) is 27.8. The standard InChI is InChI=1S/C16H24N4O2/c17-7-9-19-10-12-20(13-11-19)16(22)15(21)18-8-6-14-4-2-1-3-5-14/h1-5H,6-13,17H2,(H,18,21). The first-order valence-electron chi connectivity index (χ1n) is 7.74. The van der Waals surface area contributed by atoms with Crippen molar-refractivity contribution in [1.82, 2.24) is 15.1 Å². The molecule has 0 unspecified atom stereocenters. The summed E-state index contributed by atoms with van der Waals surface area (Å²) in [5.41, 5.74) is 6.66. The minimum absolute atomic E-state index is 0.430. The van der Waals surface area contributed by atoms with E-state index in [4.69, 9.17) is 5.73 Å². The average Bonchev–Trinajstić information content (AvgIpc) is 2.56. The Morgan fingerprint density at radius 1 is 1.09 bits per heavy atom. The third kappa shape index (κ3) is 4.82. The molecule has 2 amide bonds. The molecule has 1 aliphatic heterocycles. The molecule has 22 heavy (non-hydrogen) atoms. The van der Waals surface area contributed by atoms with Crippen LogP contribution >= 0.6 is 0 Å². The third-order valence-corrected chi connectivity index (χ3v) is 3.84. The van der Waals surface area contributed by atoms with Crippen LogP contribution in [0.4, 0.5) is 0 Å². The second-order valence-corrected chi connectivity index (χ2v) is 5.41. The van der Waals surface area contributed by atoms with Crippen molar-refractivity contribution in [2.24, 2.45) is 5.73 Å². The Balaban J connectivity index is 1.70. The van der Waals surface area contributed by atoms with Crippen molar-refractivity contribution in [1.29, 1.82) is 0 Å². The number of nitrogens with one attached hydrogen (secondary N) is 1. The van der Waals surface area contributed by atoms with E-state index < -0.39 is 11.8 Å². The van der Waals surface area contributed by atoms with E-state index in [2.05, 4.69) is 10.2 Å². The Bertz CT molecular complexity index is 484. The molecule has 1 aromatic carbocycles. The van der Waals surface area contributed by atoms with Gasteiger partial charge in [0, 0.05) is 45.8 Å². The van der Waals surface area contributed by atoms with Crippen molar-refractivity contribution in [3.8, 4) is 0 Å². The Labute approximate surface area is 131 Å². The zero-order valence-corrected chi connectivity index (χ0v) is 12.8.